The van der Waals surface area contributed by atoms with Crippen molar-refractivity contribution in [2.75, 3.05) is 25.6 Å². The van der Waals surface area contributed by atoms with Crippen molar-refractivity contribution < 1.29 is 27.3 Å². The van der Waals surface area contributed by atoms with Crippen LogP contribution in [0.5, 0.6) is 5.75 Å². The van der Waals surface area contributed by atoms with Gasteiger partial charge in [-0.1, -0.05) is 35.9 Å². The number of benzene rings is 2. The van der Waals surface area contributed by atoms with Crippen molar-refractivity contribution >= 4 is 33.3 Å². The van der Waals surface area contributed by atoms with Crippen LogP contribution in [-0.2, 0) is 20.2 Å². The van der Waals surface area contributed by atoms with E-state index in [0.29, 0.717) is 48.1 Å². The Morgan fingerprint density at radius 3 is 2.62 bits per heavy atom. The predicted molar refractivity (Wildman–Crippen MR) is 148 cm³/mol. The topological polar surface area (TPSA) is 109 Å². The van der Waals surface area contributed by atoms with Gasteiger partial charge in [0.05, 0.1) is 34.7 Å². The van der Waals surface area contributed by atoms with Crippen LogP contribution in [0.15, 0.2) is 65.6 Å². The molecular formula is C27H34ClN3O5S. The number of amides is 1. The predicted octanol–water partition coefficient (Wildman–Crippen LogP) is 4.96. The molecule has 2 aliphatic rings. The van der Waals surface area contributed by atoms with Gasteiger partial charge in [-0.25, -0.2) is 13.4 Å². The smallest absolute Gasteiger partial charge is 0.243 e. The molecule has 37 heavy (non-hydrogen) atoms. The lowest BCUT2D eigenvalue weighted by atomic mass is 9.95. The molecule has 2 aromatic carbocycles. The van der Waals surface area contributed by atoms with Crippen molar-refractivity contribution in [1.29, 1.82) is 0 Å². The standard InChI is InChI=1S/C27H28ClN3O5S.3H2/c1-36-24-12-9-19(16-22(24)28)27(13-14-27)26(33)30-25-6-2-5-23(29-25)18-7-10-21(11-8-18)37(34,35)31-15-3-4-20(31)17-32;;;/h2,5-12,16,20,32H,3-4,13-15,17H2,1H3,(H,29,30,33);3*1H/t20-;;;/m1.../s1. The molecule has 1 saturated carbocycles. The van der Waals surface area contributed by atoms with E-state index in [4.69, 9.17) is 16.3 Å². The second-order valence-corrected chi connectivity index (χ2v) is 11.7. The summed E-state index contributed by atoms with van der Waals surface area (Å²) in [6.07, 6.45) is 2.82. The van der Waals surface area contributed by atoms with Gasteiger partial charge in [0.25, 0.3) is 0 Å². The van der Waals surface area contributed by atoms with Crippen LogP contribution < -0.4 is 10.1 Å². The lowest BCUT2D eigenvalue weighted by Crippen LogP contribution is -2.37. The van der Waals surface area contributed by atoms with Gasteiger partial charge in [0.15, 0.2) is 0 Å². The summed E-state index contributed by atoms with van der Waals surface area (Å²) in [7, 11) is -2.14. The maximum absolute atomic E-state index is 13.2. The number of rotatable bonds is 8. The number of methoxy groups -OCH3 is 1. The van der Waals surface area contributed by atoms with Crippen molar-refractivity contribution in [3.05, 3.63) is 71.2 Å². The molecular weight excluding hydrogens is 514 g/mol. The number of carbonyl (C=O) groups excluding carboxylic acids is 1. The number of hydrogen-bond donors (Lipinski definition) is 2. The number of aliphatic hydroxyl groups excluding tert-OH is 1. The minimum absolute atomic E-state index is 0. The molecule has 1 amide bonds. The number of ether oxygens (including phenoxy) is 1. The van der Waals surface area contributed by atoms with Gasteiger partial charge in [0.1, 0.15) is 11.6 Å². The Labute approximate surface area is 225 Å². The van der Waals surface area contributed by atoms with Crippen LogP contribution in [-0.4, -0.2) is 55.0 Å². The first-order chi connectivity index (χ1) is 17.8. The highest BCUT2D eigenvalue weighted by atomic mass is 35.5. The van der Waals surface area contributed by atoms with E-state index in [9.17, 15) is 18.3 Å². The molecule has 5 rings (SSSR count). The molecule has 200 valence electrons. The first-order valence-electron chi connectivity index (χ1n) is 12.1. The Morgan fingerprint density at radius 1 is 1.22 bits per heavy atom. The zero-order chi connectivity index (χ0) is 26.2. The number of pyridine rings is 1. The number of anilines is 1. The molecule has 1 atom stereocenters. The van der Waals surface area contributed by atoms with E-state index in [1.807, 2.05) is 6.07 Å². The van der Waals surface area contributed by atoms with E-state index < -0.39 is 15.4 Å². The van der Waals surface area contributed by atoms with Crippen molar-refractivity contribution in [3.8, 4) is 17.0 Å². The molecule has 0 spiro atoms. The number of nitrogens with one attached hydrogen (secondary N) is 1. The highest BCUT2D eigenvalue weighted by Crippen LogP contribution is 2.50. The summed E-state index contributed by atoms with van der Waals surface area (Å²) < 4.78 is 32.7. The lowest BCUT2D eigenvalue weighted by Gasteiger charge is -2.22. The summed E-state index contributed by atoms with van der Waals surface area (Å²) >= 11 is 6.29. The highest BCUT2D eigenvalue weighted by molar-refractivity contribution is 7.89. The Bertz CT molecular complexity index is 1440. The molecule has 3 aromatic rings. The first-order valence-corrected chi connectivity index (χ1v) is 14.0. The normalized spacial score (nSPS) is 18.9. The minimum Gasteiger partial charge on any atom is -0.495 e. The van der Waals surface area contributed by atoms with Crippen molar-refractivity contribution in [1.82, 2.24) is 9.29 Å². The number of halogens is 1. The average Bonchev–Trinajstić information content (AvgIpc) is 3.58. The van der Waals surface area contributed by atoms with Crippen molar-refractivity contribution in [2.24, 2.45) is 0 Å². The van der Waals surface area contributed by atoms with E-state index >= 15 is 0 Å². The molecule has 1 saturated heterocycles. The van der Waals surface area contributed by atoms with E-state index in [1.165, 1.54) is 4.31 Å². The number of nitrogens with zero attached hydrogens (tertiary/aromatic N) is 2. The van der Waals surface area contributed by atoms with Gasteiger partial charge in [-0.05, 0) is 67.6 Å². The zero-order valence-electron chi connectivity index (χ0n) is 20.4. The highest BCUT2D eigenvalue weighted by Gasteiger charge is 2.51. The molecule has 1 aliphatic heterocycles. The molecule has 2 N–H and O–H groups in total. The van der Waals surface area contributed by atoms with E-state index in [1.54, 1.807) is 61.7 Å². The molecule has 2 fully saturated rings. The molecule has 10 heteroatoms. The van der Waals surface area contributed by atoms with Crippen LogP contribution in [0.2, 0.25) is 5.02 Å². The van der Waals surface area contributed by atoms with Crippen LogP contribution in [0.25, 0.3) is 11.3 Å². The summed E-state index contributed by atoms with van der Waals surface area (Å²) in [5.74, 6) is 0.820. The zero-order valence-corrected chi connectivity index (χ0v) is 21.9. The monoisotopic (exact) mass is 547 g/mol. The molecule has 2 heterocycles. The molecule has 0 unspecified atom stereocenters. The van der Waals surface area contributed by atoms with Crippen LogP contribution in [0.3, 0.4) is 0 Å². The Morgan fingerprint density at radius 2 is 1.97 bits per heavy atom. The fourth-order valence-corrected chi connectivity index (χ4v) is 6.82. The first kappa shape index (κ1) is 25.7. The van der Waals surface area contributed by atoms with E-state index in [2.05, 4.69) is 10.3 Å². The lowest BCUT2D eigenvalue weighted by molar-refractivity contribution is -0.118. The number of sulfonamides is 1. The van der Waals surface area contributed by atoms with Gasteiger partial charge < -0.3 is 15.2 Å². The molecule has 1 aliphatic carbocycles. The second kappa shape index (κ2) is 10.1. The van der Waals surface area contributed by atoms with Crippen LogP contribution in [0, 0.1) is 0 Å². The van der Waals surface area contributed by atoms with Crippen molar-refractivity contribution in [3.63, 3.8) is 0 Å². The van der Waals surface area contributed by atoms with Crippen LogP contribution in [0.4, 0.5) is 5.82 Å². The van der Waals surface area contributed by atoms with Gasteiger partial charge in [0.2, 0.25) is 15.9 Å². The summed E-state index contributed by atoms with van der Waals surface area (Å²) in [5.41, 5.74) is 1.52. The quantitative estimate of drug-likeness (QED) is 0.412. The number of carbonyl (C=O) groups is 1. The number of aliphatic hydroxyl groups is 1. The SMILES string of the molecule is COc1ccc(C2(C(=O)Nc3cccc(-c4ccc(S(=O)(=O)N5CCC[C@@H]5CO)cc4)n3)CC2)cc1Cl.[HH].[HH].[HH]. The second-order valence-electron chi connectivity index (χ2n) is 9.41. The molecule has 0 radical (unpaired) electrons. The third-order valence-corrected chi connectivity index (χ3v) is 9.43. The summed E-state index contributed by atoms with van der Waals surface area (Å²) in [6.45, 7) is 0.218. The fraction of sp³-hybridized carbons (Fsp3) is 0.333. The largest absolute Gasteiger partial charge is 0.495 e. The molecule has 0 bridgehead atoms. The summed E-state index contributed by atoms with van der Waals surface area (Å²) in [4.78, 5) is 18.0. The molecule has 1 aromatic heterocycles. The fourth-order valence-electron chi connectivity index (χ4n) is 4.88. The Hall–Kier alpha value is -2.98. The maximum atomic E-state index is 13.2. The average molecular weight is 548 g/mol. The van der Waals surface area contributed by atoms with Gasteiger partial charge in [0, 0.05) is 22.4 Å². The van der Waals surface area contributed by atoms with Crippen molar-refractivity contribution in [2.45, 2.75) is 42.0 Å². The van der Waals surface area contributed by atoms with Gasteiger partial charge in [-0.3, -0.25) is 4.79 Å². The van der Waals surface area contributed by atoms with Crippen LogP contribution in [0.1, 0.15) is 35.5 Å². The number of aromatic nitrogens is 1. The van der Waals surface area contributed by atoms with Gasteiger partial charge in [-0.2, -0.15) is 4.31 Å². The van der Waals surface area contributed by atoms with Crippen LogP contribution >= 0.6 is 11.6 Å². The Kier molecular flexibility index (Phi) is 6.97. The number of hydrogen-bond acceptors (Lipinski definition) is 6. The molecule has 8 nitrogen and oxygen atoms in total. The summed E-state index contributed by atoms with van der Waals surface area (Å²) in [6, 6.07) is 16.9. The minimum atomic E-state index is -3.69. The van der Waals surface area contributed by atoms with E-state index in [0.717, 1.165) is 17.5 Å². The Balaban J connectivity index is 0.00000187. The third kappa shape index (κ3) is 4.84. The van der Waals surface area contributed by atoms with Gasteiger partial charge >= 0.3 is 0 Å². The van der Waals surface area contributed by atoms with E-state index in [-0.39, 0.29) is 27.7 Å². The summed E-state index contributed by atoms with van der Waals surface area (Å²) in [5, 5.41) is 12.9. The maximum Gasteiger partial charge on any atom is 0.243 e. The third-order valence-electron chi connectivity index (χ3n) is 7.17. The van der Waals surface area contributed by atoms with Gasteiger partial charge in [-0.15, -0.1) is 0 Å².